The van der Waals surface area contributed by atoms with E-state index in [1.807, 2.05) is 24.0 Å². The molecule has 0 spiro atoms. The number of carbonyl (C=O) groups is 1. The minimum Gasteiger partial charge on any atom is -0.396 e. The number of nitrogens with two attached hydrogens (primary N) is 1. The number of aromatic nitrogens is 4. The van der Waals surface area contributed by atoms with Crippen LogP contribution in [0.5, 0.6) is 0 Å². The molecular weight excluding hydrogens is 244 g/mol. The van der Waals surface area contributed by atoms with E-state index in [1.54, 1.807) is 13.2 Å². The third-order valence-electron chi connectivity index (χ3n) is 2.68. The minimum absolute atomic E-state index is 0.241. The third kappa shape index (κ3) is 3.34. The molecule has 0 saturated heterocycles. The first-order chi connectivity index (χ1) is 9.06. The van der Waals surface area contributed by atoms with Crippen molar-refractivity contribution in [2.45, 2.75) is 19.9 Å². The number of rotatable bonds is 5. The Labute approximate surface area is 111 Å². The molecule has 0 bridgehead atoms. The van der Waals surface area contributed by atoms with Gasteiger partial charge >= 0.3 is 0 Å². The maximum atomic E-state index is 11.8. The Morgan fingerprint density at radius 2 is 2.26 bits per heavy atom. The molecule has 0 fully saturated rings. The van der Waals surface area contributed by atoms with Crippen molar-refractivity contribution in [3.63, 3.8) is 0 Å². The number of nitrogens with zero attached hydrogens (tertiary/aromatic N) is 4. The summed E-state index contributed by atoms with van der Waals surface area (Å²) in [6, 6.07) is 0. The molecule has 0 aromatic carbocycles. The SMILES string of the molecule is Cc1cnn(CCCNC(=O)c2nn(C)cc2N)c1. The molecule has 2 aromatic rings. The molecule has 2 rings (SSSR count). The van der Waals surface area contributed by atoms with Gasteiger partial charge in [0.05, 0.1) is 11.9 Å². The van der Waals surface area contributed by atoms with Crippen molar-refractivity contribution in [3.05, 3.63) is 29.8 Å². The van der Waals surface area contributed by atoms with Crippen LogP contribution in [0.2, 0.25) is 0 Å². The van der Waals surface area contributed by atoms with Crippen LogP contribution in [-0.4, -0.2) is 32.0 Å². The molecule has 2 aromatic heterocycles. The molecule has 102 valence electrons. The molecule has 0 saturated carbocycles. The van der Waals surface area contributed by atoms with Gasteiger partial charge in [0.1, 0.15) is 0 Å². The maximum absolute atomic E-state index is 11.8. The maximum Gasteiger partial charge on any atom is 0.273 e. The van der Waals surface area contributed by atoms with Gasteiger partial charge in [-0.05, 0) is 18.9 Å². The Morgan fingerprint density at radius 1 is 1.47 bits per heavy atom. The highest BCUT2D eigenvalue weighted by Crippen LogP contribution is 2.07. The van der Waals surface area contributed by atoms with Crippen LogP contribution in [0, 0.1) is 6.92 Å². The number of hydrogen-bond acceptors (Lipinski definition) is 4. The molecule has 0 aliphatic carbocycles. The third-order valence-corrected chi connectivity index (χ3v) is 2.68. The lowest BCUT2D eigenvalue weighted by atomic mass is 10.3. The van der Waals surface area contributed by atoms with Crippen LogP contribution in [-0.2, 0) is 13.6 Å². The summed E-state index contributed by atoms with van der Waals surface area (Å²) < 4.78 is 3.38. The van der Waals surface area contributed by atoms with Gasteiger partial charge in [-0.25, -0.2) is 0 Å². The van der Waals surface area contributed by atoms with Gasteiger partial charge < -0.3 is 11.1 Å². The Morgan fingerprint density at radius 3 is 2.84 bits per heavy atom. The van der Waals surface area contributed by atoms with Crippen LogP contribution < -0.4 is 11.1 Å². The van der Waals surface area contributed by atoms with Crippen LogP contribution in [0.1, 0.15) is 22.5 Å². The summed E-state index contributed by atoms with van der Waals surface area (Å²) in [5.41, 5.74) is 7.48. The molecule has 0 unspecified atom stereocenters. The molecule has 3 N–H and O–H groups in total. The summed E-state index contributed by atoms with van der Waals surface area (Å²) in [7, 11) is 1.73. The first-order valence-electron chi connectivity index (χ1n) is 6.12. The lowest BCUT2D eigenvalue weighted by Crippen LogP contribution is -2.26. The smallest absolute Gasteiger partial charge is 0.273 e. The summed E-state index contributed by atoms with van der Waals surface area (Å²) >= 11 is 0. The van der Waals surface area contributed by atoms with E-state index >= 15 is 0 Å². The molecular formula is C12H18N6O. The molecule has 7 nitrogen and oxygen atoms in total. The lowest BCUT2D eigenvalue weighted by Gasteiger charge is -2.04. The number of amides is 1. The number of carbonyl (C=O) groups excluding carboxylic acids is 1. The van der Waals surface area contributed by atoms with E-state index in [0.717, 1.165) is 18.5 Å². The van der Waals surface area contributed by atoms with Gasteiger partial charge in [-0.3, -0.25) is 14.2 Å². The summed E-state index contributed by atoms with van der Waals surface area (Å²) in [5, 5.41) is 11.0. The zero-order valence-electron chi connectivity index (χ0n) is 11.1. The van der Waals surface area contributed by atoms with E-state index in [4.69, 9.17) is 5.73 Å². The van der Waals surface area contributed by atoms with Crippen LogP contribution >= 0.6 is 0 Å². The van der Waals surface area contributed by atoms with Crippen molar-refractivity contribution in [1.82, 2.24) is 24.9 Å². The number of aryl methyl sites for hydroxylation is 3. The van der Waals surface area contributed by atoms with Crippen molar-refractivity contribution in [2.75, 3.05) is 12.3 Å². The van der Waals surface area contributed by atoms with Gasteiger partial charge in [0.25, 0.3) is 5.91 Å². The van der Waals surface area contributed by atoms with Crippen molar-refractivity contribution in [1.29, 1.82) is 0 Å². The van der Waals surface area contributed by atoms with Crippen molar-refractivity contribution in [3.8, 4) is 0 Å². The second-order valence-corrected chi connectivity index (χ2v) is 4.50. The summed E-state index contributed by atoms with van der Waals surface area (Å²) in [6.45, 7) is 3.33. The Hall–Kier alpha value is -2.31. The topological polar surface area (TPSA) is 90.8 Å². The predicted octanol–water partition coefficient (Wildman–Crippen LogP) is 0.327. The van der Waals surface area contributed by atoms with E-state index in [9.17, 15) is 4.79 Å². The normalized spacial score (nSPS) is 10.6. The highest BCUT2D eigenvalue weighted by molar-refractivity contribution is 5.96. The number of anilines is 1. The van der Waals surface area contributed by atoms with E-state index in [2.05, 4.69) is 15.5 Å². The lowest BCUT2D eigenvalue weighted by molar-refractivity contribution is 0.0948. The van der Waals surface area contributed by atoms with Crippen LogP contribution in [0.15, 0.2) is 18.6 Å². The minimum atomic E-state index is -0.241. The van der Waals surface area contributed by atoms with Crippen LogP contribution in [0.3, 0.4) is 0 Å². The Bertz CT molecular complexity index is 571. The standard InChI is InChI=1S/C12H18N6O/c1-9-6-15-18(7-9)5-3-4-14-12(19)11-10(13)8-17(2)16-11/h6-8H,3-5,13H2,1-2H3,(H,14,19). The van der Waals surface area contributed by atoms with E-state index < -0.39 is 0 Å². The van der Waals surface area contributed by atoms with Gasteiger partial charge in [-0.15, -0.1) is 0 Å². The second-order valence-electron chi connectivity index (χ2n) is 4.50. The second kappa shape index (κ2) is 5.55. The quantitative estimate of drug-likeness (QED) is 0.760. The van der Waals surface area contributed by atoms with E-state index in [-0.39, 0.29) is 11.6 Å². The zero-order chi connectivity index (χ0) is 13.8. The molecule has 2 heterocycles. The first-order valence-corrected chi connectivity index (χ1v) is 6.12. The fraction of sp³-hybridized carbons (Fsp3) is 0.417. The van der Waals surface area contributed by atoms with Gasteiger partial charge in [-0.2, -0.15) is 10.2 Å². The fourth-order valence-corrected chi connectivity index (χ4v) is 1.80. The van der Waals surface area contributed by atoms with Gasteiger partial charge in [-0.1, -0.05) is 0 Å². The molecule has 0 aliphatic rings. The number of nitrogens with one attached hydrogen (secondary N) is 1. The molecule has 19 heavy (non-hydrogen) atoms. The van der Waals surface area contributed by atoms with E-state index in [1.165, 1.54) is 4.68 Å². The molecule has 0 radical (unpaired) electrons. The van der Waals surface area contributed by atoms with Gasteiger partial charge in [0.2, 0.25) is 0 Å². The molecule has 7 heteroatoms. The fourth-order valence-electron chi connectivity index (χ4n) is 1.80. The summed E-state index contributed by atoms with van der Waals surface area (Å²) in [4.78, 5) is 11.8. The molecule has 0 atom stereocenters. The van der Waals surface area contributed by atoms with Gasteiger partial charge in [0.15, 0.2) is 5.69 Å². The van der Waals surface area contributed by atoms with Crippen LogP contribution in [0.25, 0.3) is 0 Å². The molecule has 0 aliphatic heterocycles. The average Bonchev–Trinajstić information content (AvgIpc) is 2.90. The number of nitrogen functional groups attached to an aromatic ring is 1. The molecule has 1 amide bonds. The highest BCUT2D eigenvalue weighted by atomic mass is 16.1. The average molecular weight is 262 g/mol. The van der Waals surface area contributed by atoms with Crippen molar-refractivity contribution < 1.29 is 4.79 Å². The van der Waals surface area contributed by atoms with E-state index in [0.29, 0.717) is 12.2 Å². The largest absolute Gasteiger partial charge is 0.396 e. The Kier molecular flexibility index (Phi) is 3.84. The van der Waals surface area contributed by atoms with Crippen LogP contribution in [0.4, 0.5) is 5.69 Å². The Balaban J connectivity index is 1.77. The summed E-state index contributed by atoms with van der Waals surface area (Å²) in [6.07, 6.45) is 6.20. The monoisotopic (exact) mass is 262 g/mol. The number of hydrogen-bond donors (Lipinski definition) is 2. The highest BCUT2D eigenvalue weighted by Gasteiger charge is 2.12. The predicted molar refractivity (Wildman–Crippen MR) is 71.5 cm³/mol. The van der Waals surface area contributed by atoms with Crippen molar-refractivity contribution in [2.24, 2.45) is 7.05 Å². The summed E-state index contributed by atoms with van der Waals surface area (Å²) in [5.74, 6) is -0.241. The van der Waals surface area contributed by atoms with Gasteiger partial charge in [0, 0.05) is 32.5 Å². The first kappa shape index (κ1) is 13.1. The van der Waals surface area contributed by atoms with Crippen molar-refractivity contribution >= 4 is 11.6 Å². The zero-order valence-corrected chi connectivity index (χ0v) is 11.1.